The Morgan fingerprint density at radius 1 is 1.50 bits per heavy atom. The van der Waals surface area contributed by atoms with Gasteiger partial charge < -0.3 is 15.4 Å². The summed E-state index contributed by atoms with van der Waals surface area (Å²) in [5.74, 6) is -0.0225. The topological polar surface area (TPSA) is 50.4 Å². The summed E-state index contributed by atoms with van der Waals surface area (Å²) in [6, 6.07) is 5.74. The van der Waals surface area contributed by atoms with E-state index in [1.54, 1.807) is 0 Å². The maximum atomic E-state index is 12.0. The summed E-state index contributed by atoms with van der Waals surface area (Å²) in [6.45, 7) is 3.37. The molecule has 1 unspecified atom stereocenters. The monoisotopic (exact) mass is 248 g/mol. The van der Waals surface area contributed by atoms with Crippen LogP contribution >= 0.6 is 0 Å². The first-order valence-corrected chi connectivity index (χ1v) is 6.39. The van der Waals surface area contributed by atoms with Gasteiger partial charge in [-0.3, -0.25) is 4.79 Å². The molecule has 2 rings (SSSR count). The highest BCUT2D eigenvalue weighted by atomic mass is 16.5. The number of ether oxygens (including phenoxy) is 1. The van der Waals surface area contributed by atoms with Crippen molar-refractivity contribution in [3.8, 4) is 0 Å². The second-order valence-electron chi connectivity index (χ2n) is 4.62. The van der Waals surface area contributed by atoms with Gasteiger partial charge in [-0.25, -0.2) is 0 Å². The number of carbonyl (C=O) groups is 1. The van der Waals surface area contributed by atoms with Crippen LogP contribution in [0.2, 0.25) is 0 Å². The third kappa shape index (κ3) is 3.01. The van der Waals surface area contributed by atoms with Gasteiger partial charge in [-0.1, -0.05) is 0 Å². The predicted octanol–water partition coefficient (Wildman–Crippen LogP) is 1.95. The molecule has 0 saturated carbocycles. The summed E-state index contributed by atoms with van der Waals surface area (Å²) >= 11 is 0. The number of aryl methyl sites for hydroxylation is 1. The molecule has 98 valence electrons. The third-order valence-electron chi connectivity index (χ3n) is 3.27. The molecule has 1 aliphatic heterocycles. The summed E-state index contributed by atoms with van der Waals surface area (Å²) in [6.07, 6.45) is 2.32. The van der Waals surface area contributed by atoms with E-state index in [4.69, 9.17) is 4.74 Å². The van der Waals surface area contributed by atoms with Gasteiger partial charge in [0.05, 0.1) is 6.10 Å². The molecule has 1 aromatic carbocycles. The molecule has 0 radical (unpaired) electrons. The normalized spacial score (nSPS) is 18.7. The van der Waals surface area contributed by atoms with Crippen molar-refractivity contribution in [3.05, 3.63) is 29.3 Å². The molecule has 1 fully saturated rings. The van der Waals surface area contributed by atoms with E-state index in [1.807, 2.05) is 32.2 Å². The highest BCUT2D eigenvalue weighted by Gasteiger charge is 2.17. The molecule has 1 atom stereocenters. The average Bonchev–Trinajstić information content (AvgIpc) is 2.88. The quantitative estimate of drug-likeness (QED) is 0.856. The zero-order chi connectivity index (χ0) is 13.0. The smallest absolute Gasteiger partial charge is 0.251 e. The first-order chi connectivity index (χ1) is 8.70. The second kappa shape index (κ2) is 5.87. The van der Waals surface area contributed by atoms with Crippen molar-refractivity contribution >= 4 is 11.6 Å². The van der Waals surface area contributed by atoms with Gasteiger partial charge in [0.15, 0.2) is 0 Å². The van der Waals surface area contributed by atoms with E-state index >= 15 is 0 Å². The Labute approximate surface area is 108 Å². The van der Waals surface area contributed by atoms with Gasteiger partial charge in [0.1, 0.15) is 0 Å². The Kier molecular flexibility index (Phi) is 4.20. The minimum absolute atomic E-state index is 0.0225. The molecule has 1 heterocycles. The molecule has 1 aliphatic rings. The molecule has 4 nitrogen and oxygen atoms in total. The molecular weight excluding hydrogens is 228 g/mol. The van der Waals surface area contributed by atoms with Gasteiger partial charge in [0, 0.05) is 31.5 Å². The highest BCUT2D eigenvalue weighted by Crippen LogP contribution is 2.15. The standard InChI is InChI=1S/C14H20N2O2/c1-10-8-11(15-2)5-6-13(10)14(17)16-9-12-4-3-7-18-12/h5-6,8,12,15H,3-4,7,9H2,1-2H3,(H,16,17). The van der Waals surface area contributed by atoms with E-state index < -0.39 is 0 Å². The van der Waals surface area contributed by atoms with Crippen molar-refractivity contribution in [1.29, 1.82) is 0 Å². The SMILES string of the molecule is CNc1ccc(C(=O)NCC2CCCO2)c(C)c1. The number of hydrogen-bond acceptors (Lipinski definition) is 3. The first-order valence-electron chi connectivity index (χ1n) is 6.39. The van der Waals surface area contributed by atoms with Crippen molar-refractivity contribution in [2.24, 2.45) is 0 Å². The Morgan fingerprint density at radius 3 is 2.94 bits per heavy atom. The maximum Gasteiger partial charge on any atom is 0.251 e. The maximum absolute atomic E-state index is 12.0. The number of rotatable bonds is 4. The molecular formula is C14H20N2O2. The fourth-order valence-corrected chi connectivity index (χ4v) is 2.18. The average molecular weight is 248 g/mol. The summed E-state index contributed by atoms with van der Waals surface area (Å²) in [5, 5.41) is 5.99. The van der Waals surface area contributed by atoms with Crippen LogP contribution in [-0.4, -0.2) is 32.2 Å². The third-order valence-corrected chi connectivity index (χ3v) is 3.27. The van der Waals surface area contributed by atoms with Crippen molar-refractivity contribution in [3.63, 3.8) is 0 Å². The van der Waals surface area contributed by atoms with Crippen LogP contribution in [0.4, 0.5) is 5.69 Å². The molecule has 0 aromatic heterocycles. The van der Waals surface area contributed by atoms with Gasteiger partial charge in [-0.15, -0.1) is 0 Å². The number of hydrogen-bond donors (Lipinski definition) is 2. The number of anilines is 1. The molecule has 2 N–H and O–H groups in total. The molecule has 1 amide bonds. The zero-order valence-corrected chi connectivity index (χ0v) is 11.0. The Hall–Kier alpha value is -1.55. The van der Waals surface area contributed by atoms with Crippen LogP contribution < -0.4 is 10.6 Å². The number of carbonyl (C=O) groups excluding carboxylic acids is 1. The first kappa shape index (κ1) is 12.9. The minimum atomic E-state index is -0.0225. The minimum Gasteiger partial charge on any atom is -0.388 e. The summed E-state index contributed by atoms with van der Waals surface area (Å²) in [4.78, 5) is 12.0. The van der Waals surface area contributed by atoms with Crippen molar-refractivity contribution < 1.29 is 9.53 Å². The van der Waals surface area contributed by atoms with Gasteiger partial charge in [-0.2, -0.15) is 0 Å². The van der Waals surface area contributed by atoms with Crippen LogP contribution in [0.15, 0.2) is 18.2 Å². The summed E-state index contributed by atoms with van der Waals surface area (Å²) in [5.41, 5.74) is 2.72. The van der Waals surface area contributed by atoms with E-state index in [1.165, 1.54) is 0 Å². The largest absolute Gasteiger partial charge is 0.388 e. The van der Waals surface area contributed by atoms with Crippen LogP contribution in [0.3, 0.4) is 0 Å². The van der Waals surface area contributed by atoms with Crippen molar-refractivity contribution in [1.82, 2.24) is 5.32 Å². The van der Waals surface area contributed by atoms with E-state index in [0.717, 1.165) is 36.3 Å². The highest BCUT2D eigenvalue weighted by molar-refractivity contribution is 5.96. The second-order valence-corrected chi connectivity index (χ2v) is 4.62. The van der Waals surface area contributed by atoms with Gasteiger partial charge in [-0.05, 0) is 43.5 Å². The lowest BCUT2D eigenvalue weighted by Crippen LogP contribution is -2.32. The Bertz CT molecular complexity index is 426. The fraction of sp³-hybridized carbons (Fsp3) is 0.500. The van der Waals surface area contributed by atoms with E-state index in [0.29, 0.717) is 6.54 Å². The molecule has 0 aliphatic carbocycles. The number of amides is 1. The molecule has 18 heavy (non-hydrogen) atoms. The van der Waals surface area contributed by atoms with Gasteiger partial charge in [0.25, 0.3) is 5.91 Å². The molecule has 0 bridgehead atoms. The molecule has 4 heteroatoms. The van der Waals surface area contributed by atoms with Crippen LogP contribution in [0.5, 0.6) is 0 Å². The summed E-state index contributed by atoms with van der Waals surface area (Å²) < 4.78 is 5.48. The lowest BCUT2D eigenvalue weighted by Gasteiger charge is -2.12. The predicted molar refractivity (Wildman–Crippen MR) is 72.0 cm³/mol. The molecule has 1 saturated heterocycles. The van der Waals surface area contributed by atoms with Crippen LogP contribution in [0.1, 0.15) is 28.8 Å². The molecule has 1 aromatic rings. The zero-order valence-electron chi connectivity index (χ0n) is 11.0. The van der Waals surface area contributed by atoms with Gasteiger partial charge in [0.2, 0.25) is 0 Å². The van der Waals surface area contributed by atoms with Crippen molar-refractivity contribution in [2.75, 3.05) is 25.5 Å². The van der Waals surface area contributed by atoms with Crippen LogP contribution in [0.25, 0.3) is 0 Å². The number of benzene rings is 1. The number of nitrogens with one attached hydrogen (secondary N) is 2. The van der Waals surface area contributed by atoms with Gasteiger partial charge >= 0.3 is 0 Å². The van der Waals surface area contributed by atoms with E-state index in [9.17, 15) is 4.79 Å². The van der Waals surface area contributed by atoms with E-state index in [2.05, 4.69) is 10.6 Å². The Morgan fingerprint density at radius 2 is 2.33 bits per heavy atom. The fourth-order valence-electron chi connectivity index (χ4n) is 2.18. The van der Waals surface area contributed by atoms with Crippen LogP contribution in [0, 0.1) is 6.92 Å². The van der Waals surface area contributed by atoms with E-state index in [-0.39, 0.29) is 12.0 Å². The molecule has 0 spiro atoms. The van der Waals surface area contributed by atoms with Crippen LogP contribution in [-0.2, 0) is 4.74 Å². The summed E-state index contributed by atoms with van der Waals surface area (Å²) in [7, 11) is 1.87. The lowest BCUT2D eigenvalue weighted by molar-refractivity contribution is 0.0857. The lowest BCUT2D eigenvalue weighted by atomic mass is 10.1. The van der Waals surface area contributed by atoms with Crippen molar-refractivity contribution in [2.45, 2.75) is 25.9 Å². The Balaban J connectivity index is 1.95.